The highest BCUT2D eigenvalue weighted by Crippen LogP contribution is 2.35. The van der Waals surface area contributed by atoms with Gasteiger partial charge in [0.1, 0.15) is 5.75 Å². The second kappa shape index (κ2) is 5.87. The number of halogens is 3. The first-order valence-electron chi connectivity index (χ1n) is 6.04. The van der Waals surface area contributed by atoms with Crippen molar-refractivity contribution in [3.8, 4) is 5.75 Å². The molecule has 3 nitrogen and oxygen atoms in total. The van der Waals surface area contributed by atoms with Crippen molar-refractivity contribution in [2.45, 2.75) is 6.18 Å². The summed E-state index contributed by atoms with van der Waals surface area (Å²) in [6.07, 6.45) is -4.54. The maximum Gasteiger partial charge on any atom is 0.418 e. The number of hydrogen-bond acceptors (Lipinski definition) is 2. The van der Waals surface area contributed by atoms with E-state index in [-0.39, 0.29) is 11.3 Å². The predicted molar refractivity (Wildman–Crippen MR) is 72.4 cm³/mol. The minimum Gasteiger partial charge on any atom is -0.496 e. The van der Waals surface area contributed by atoms with E-state index in [4.69, 9.17) is 4.74 Å². The highest BCUT2D eigenvalue weighted by molar-refractivity contribution is 6.06. The molecule has 1 amide bonds. The molecule has 6 heteroatoms. The average molecular weight is 295 g/mol. The Morgan fingerprint density at radius 1 is 1.05 bits per heavy atom. The molecule has 0 aromatic heterocycles. The molecular formula is C15H12F3NO2. The van der Waals surface area contributed by atoms with Crippen LogP contribution in [0.25, 0.3) is 0 Å². The minimum absolute atomic E-state index is 0.164. The van der Waals surface area contributed by atoms with Crippen LogP contribution in [0.5, 0.6) is 5.75 Å². The number of anilines is 1. The molecule has 2 aromatic carbocycles. The fraction of sp³-hybridized carbons (Fsp3) is 0.133. The van der Waals surface area contributed by atoms with Crippen LogP contribution >= 0.6 is 0 Å². The third-order valence-corrected chi connectivity index (χ3v) is 2.83. The van der Waals surface area contributed by atoms with Gasteiger partial charge in [-0.05, 0) is 24.3 Å². The number of carbonyl (C=O) groups excluding carboxylic acids is 1. The number of carbonyl (C=O) groups is 1. The Hall–Kier alpha value is -2.50. The molecule has 1 N–H and O–H groups in total. The maximum atomic E-state index is 12.9. The number of ether oxygens (including phenoxy) is 1. The highest BCUT2D eigenvalue weighted by atomic mass is 19.4. The summed E-state index contributed by atoms with van der Waals surface area (Å²) in [6.45, 7) is 0. The zero-order valence-corrected chi connectivity index (χ0v) is 11.1. The van der Waals surface area contributed by atoms with E-state index in [1.807, 2.05) is 0 Å². The molecule has 0 radical (unpaired) electrons. The van der Waals surface area contributed by atoms with Crippen LogP contribution in [0.3, 0.4) is 0 Å². The monoisotopic (exact) mass is 295 g/mol. The largest absolute Gasteiger partial charge is 0.496 e. The second-order valence-electron chi connectivity index (χ2n) is 4.20. The molecular weight excluding hydrogens is 283 g/mol. The van der Waals surface area contributed by atoms with E-state index in [1.54, 1.807) is 18.2 Å². The van der Waals surface area contributed by atoms with Gasteiger partial charge in [-0.2, -0.15) is 13.2 Å². The van der Waals surface area contributed by atoms with Crippen LogP contribution < -0.4 is 10.1 Å². The summed E-state index contributed by atoms with van der Waals surface area (Å²) in [7, 11) is 1.38. The van der Waals surface area contributed by atoms with Gasteiger partial charge >= 0.3 is 6.18 Å². The van der Waals surface area contributed by atoms with E-state index in [0.717, 1.165) is 6.07 Å². The summed E-state index contributed by atoms with van der Waals surface area (Å²) < 4.78 is 43.6. The van der Waals surface area contributed by atoms with Gasteiger partial charge < -0.3 is 10.1 Å². The molecule has 110 valence electrons. The number of benzene rings is 2. The highest BCUT2D eigenvalue weighted by Gasteiger charge is 2.33. The first-order chi connectivity index (χ1) is 9.93. The lowest BCUT2D eigenvalue weighted by molar-refractivity contribution is -0.136. The Morgan fingerprint density at radius 2 is 1.67 bits per heavy atom. The fourth-order valence-corrected chi connectivity index (χ4v) is 1.86. The van der Waals surface area contributed by atoms with Crippen LogP contribution in [-0.4, -0.2) is 13.0 Å². The Balaban J connectivity index is 2.33. The molecule has 0 aliphatic rings. The van der Waals surface area contributed by atoms with Gasteiger partial charge in [-0.15, -0.1) is 0 Å². The van der Waals surface area contributed by atoms with Crippen LogP contribution in [0, 0.1) is 0 Å². The van der Waals surface area contributed by atoms with Gasteiger partial charge in [-0.3, -0.25) is 4.79 Å². The molecule has 0 aliphatic carbocycles. The average Bonchev–Trinajstić information content (AvgIpc) is 2.46. The van der Waals surface area contributed by atoms with Crippen molar-refractivity contribution in [3.63, 3.8) is 0 Å². The van der Waals surface area contributed by atoms with Crippen LogP contribution in [0.4, 0.5) is 18.9 Å². The van der Waals surface area contributed by atoms with Crippen LogP contribution in [-0.2, 0) is 6.18 Å². The van der Waals surface area contributed by atoms with E-state index in [9.17, 15) is 18.0 Å². The molecule has 21 heavy (non-hydrogen) atoms. The van der Waals surface area contributed by atoms with Gasteiger partial charge in [0, 0.05) is 0 Å². The summed E-state index contributed by atoms with van der Waals surface area (Å²) in [5.74, 6) is -0.372. The lowest BCUT2D eigenvalue weighted by Gasteiger charge is -2.14. The Bertz CT molecular complexity index is 653. The number of methoxy groups -OCH3 is 1. The zero-order valence-electron chi connectivity index (χ0n) is 11.1. The van der Waals surface area contributed by atoms with Crippen molar-refractivity contribution < 1.29 is 22.7 Å². The zero-order chi connectivity index (χ0) is 15.5. The lowest BCUT2D eigenvalue weighted by Crippen LogP contribution is -2.17. The smallest absolute Gasteiger partial charge is 0.418 e. The molecule has 0 atom stereocenters. The normalized spacial score (nSPS) is 11.0. The molecule has 0 aliphatic heterocycles. The van der Waals surface area contributed by atoms with Gasteiger partial charge in [0.15, 0.2) is 0 Å². The summed E-state index contributed by atoms with van der Waals surface area (Å²) in [5, 5.41) is 2.27. The standard InChI is InChI=1S/C15H12F3NO2/c1-21-13-9-5-2-6-10(13)14(20)19-12-8-4-3-7-11(12)15(16,17)18/h2-9H,1H3,(H,19,20). The van der Waals surface area contributed by atoms with Crippen molar-refractivity contribution in [1.29, 1.82) is 0 Å². The number of hydrogen-bond donors (Lipinski definition) is 1. The predicted octanol–water partition coefficient (Wildman–Crippen LogP) is 3.97. The first kappa shape index (κ1) is 14.9. The summed E-state index contributed by atoms with van der Waals surface area (Å²) >= 11 is 0. The lowest BCUT2D eigenvalue weighted by atomic mass is 10.1. The molecule has 2 aromatic rings. The third-order valence-electron chi connectivity index (χ3n) is 2.83. The Labute approximate surface area is 119 Å². The van der Waals surface area contributed by atoms with Crippen LogP contribution in [0.1, 0.15) is 15.9 Å². The molecule has 2 rings (SSSR count). The van der Waals surface area contributed by atoms with Crippen molar-refractivity contribution >= 4 is 11.6 Å². The van der Waals surface area contributed by atoms with Crippen molar-refractivity contribution in [3.05, 3.63) is 59.7 Å². The van der Waals surface area contributed by atoms with Crippen molar-refractivity contribution in [2.75, 3.05) is 12.4 Å². The quantitative estimate of drug-likeness (QED) is 0.930. The number of nitrogens with one attached hydrogen (secondary N) is 1. The number of amides is 1. The maximum absolute atomic E-state index is 12.9. The van der Waals surface area contributed by atoms with Gasteiger partial charge in [-0.1, -0.05) is 24.3 Å². The molecule has 0 saturated carbocycles. The van der Waals surface area contributed by atoms with Crippen LogP contribution in [0.2, 0.25) is 0 Å². The summed E-state index contributed by atoms with van der Waals surface area (Å²) in [4.78, 5) is 12.1. The van der Waals surface area contributed by atoms with E-state index in [1.165, 1.54) is 31.4 Å². The van der Waals surface area contributed by atoms with Crippen molar-refractivity contribution in [1.82, 2.24) is 0 Å². The number of alkyl halides is 3. The molecule has 0 fully saturated rings. The number of para-hydroxylation sites is 2. The van der Waals surface area contributed by atoms with Gasteiger partial charge in [0.25, 0.3) is 5.91 Å². The van der Waals surface area contributed by atoms with Crippen LogP contribution in [0.15, 0.2) is 48.5 Å². The van der Waals surface area contributed by atoms with Crippen molar-refractivity contribution in [2.24, 2.45) is 0 Å². The van der Waals surface area contributed by atoms with Gasteiger partial charge in [-0.25, -0.2) is 0 Å². The molecule has 0 saturated heterocycles. The van der Waals surface area contributed by atoms with Gasteiger partial charge in [0.05, 0.1) is 23.9 Å². The van der Waals surface area contributed by atoms with E-state index in [0.29, 0.717) is 5.75 Å². The Kier molecular flexibility index (Phi) is 4.16. The second-order valence-corrected chi connectivity index (χ2v) is 4.20. The topological polar surface area (TPSA) is 38.3 Å². The molecule has 0 spiro atoms. The Morgan fingerprint density at radius 3 is 2.33 bits per heavy atom. The van der Waals surface area contributed by atoms with Gasteiger partial charge in [0.2, 0.25) is 0 Å². The third kappa shape index (κ3) is 3.34. The summed E-state index contributed by atoms with van der Waals surface area (Å²) in [5.41, 5.74) is -1.02. The summed E-state index contributed by atoms with van der Waals surface area (Å²) in [6, 6.07) is 11.1. The molecule has 0 bridgehead atoms. The number of rotatable bonds is 3. The molecule has 0 unspecified atom stereocenters. The van der Waals surface area contributed by atoms with E-state index in [2.05, 4.69) is 5.32 Å². The van der Waals surface area contributed by atoms with E-state index >= 15 is 0 Å². The fourth-order valence-electron chi connectivity index (χ4n) is 1.86. The first-order valence-corrected chi connectivity index (χ1v) is 6.04. The SMILES string of the molecule is COc1ccccc1C(=O)Nc1ccccc1C(F)(F)F. The minimum atomic E-state index is -4.54. The molecule has 0 heterocycles. The van der Waals surface area contributed by atoms with E-state index < -0.39 is 17.6 Å².